The molecule has 6 heteroatoms. The van der Waals surface area contributed by atoms with Gasteiger partial charge in [-0.3, -0.25) is 4.79 Å². The van der Waals surface area contributed by atoms with Crippen molar-refractivity contribution in [3.05, 3.63) is 23.8 Å². The Morgan fingerprint density at radius 2 is 1.94 bits per heavy atom. The highest BCUT2D eigenvalue weighted by Crippen LogP contribution is 2.65. The standard InChI is InChI=1S/C11H8Cl2O4/c12-11(13)4-10(11,9(14)15)6-1-2-7-8(3-6)17-5-16-7/h1-3H,4-5H2,(H,14,15). The zero-order chi connectivity index (χ0) is 12.3. The molecule has 0 amide bonds. The van der Waals surface area contributed by atoms with E-state index in [1.165, 1.54) is 0 Å². The van der Waals surface area contributed by atoms with Crippen molar-refractivity contribution in [1.82, 2.24) is 0 Å². The molecule has 1 heterocycles. The van der Waals surface area contributed by atoms with Crippen LogP contribution in [0.1, 0.15) is 12.0 Å². The lowest BCUT2D eigenvalue weighted by Crippen LogP contribution is -2.26. The van der Waals surface area contributed by atoms with E-state index in [1.807, 2.05) is 0 Å². The SMILES string of the molecule is O=C(O)C1(c2ccc3c(c2)OCO3)CC1(Cl)Cl. The van der Waals surface area contributed by atoms with Crippen LogP contribution in [0.4, 0.5) is 0 Å². The quantitative estimate of drug-likeness (QED) is 0.841. The van der Waals surface area contributed by atoms with Gasteiger partial charge < -0.3 is 14.6 Å². The molecule has 90 valence electrons. The minimum Gasteiger partial charge on any atom is -0.480 e. The molecule has 1 aliphatic carbocycles. The number of hydrogen-bond acceptors (Lipinski definition) is 3. The number of benzene rings is 1. The second-order valence-corrected chi connectivity index (χ2v) is 5.64. The van der Waals surface area contributed by atoms with Crippen LogP contribution < -0.4 is 9.47 Å². The van der Waals surface area contributed by atoms with Crippen LogP contribution in [-0.2, 0) is 10.2 Å². The Hall–Kier alpha value is -1.13. The Balaban J connectivity index is 2.08. The van der Waals surface area contributed by atoms with Crippen molar-refractivity contribution in [2.24, 2.45) is 0 Å². The third-order valence-corrected chi connectivity index (χ3v) is 4.13. The molecule has 17 heavy (non-hydrogen) atoms. The molecular weight excluding hydrogens is 267 g/mol. The summed E-state index contributed by atoms with van der Waals surface area (Å²) in [5.41, 5.74) is -0.698. The van der Waals surface area contributed by atoms with Gasteiger partial charge in [-0.1, -0.05) is 29.3 Å². The summed E-state index contributed by atoms with van der Waals surface area (Å²) in [7, 11) is 0. The number of carboxylic acid groups (broad SMARTS) is 1. The van der Waals surface area contributed by atoms with E-state index in [0.29, 0.717) is 17.1 Å². The Bertz CT molecular complexity index is 514. The van der Waals surface area contributed by atoms with E-state index >= 15 is 0 Å². The van der Waals surface area contributed by atoms with Crippen molar-refractivity contribution in [1.29, 1.82) is 0 Å². The lowest BCUT2D eigenvalue weighted by atomic mass is 9.95. The first-order valence-corrected chi connectivity index (χ1v) is 5.74. The average Bonchev–Trinajstić information content (AvgIpc) is 2.67. The number of alkyl halides is 2. The minimum absolute atomic E-state index is 0.145. The highest BCUT2D eigenvalue weighted by molar-refractivity contribution is 6.54. The first-order valence-electron chi connectivity index (χ1n) is 4.99. The molecule has 0 aromatic heterocycles. The van der Waals surface area contributed by atoms with Gasteiger partial charge in [-0.05, 0) is 17.7 Å². The van der Waals surface area contributed by atoms with E-state index in [2.05, 4.69) is 0 Å². The average molecular weight is 275 g/mol. The van der Waals surface area contributed by atoms with Gasteiger partial charge in [0.15, 0.2) is 11.5 Å². The van der Waals surface area contributed by atoms with Gasteiger partial charge in [-0.15, -0.1) is 0 Å². The Labute approximate surface area is 107 Å². The number of carboxylic acids is 1. The molecule has 2 aliphatic rings. The largest absolute Gasteiger partial charge is 0.480 e. The fourth-order valence-electron chi connectivity index (χ4n) is 2.12. The second kappa shape index (κ2) is 3.21. The maximum absolute atomic E-state index is 11.4. The molecule has 0 radical (unpaired) electrons. The van der Waals surface area contributed by atoms with Crippen molar-refractivity contribution in [3.63, 3.8) is 0 Å². The molecular formula is C11H8Cl2O4. The van der Waals surface area contributed by atoms with Crippen LogP contribution >= 0.6 is 23.2 Å². The number of ether oxygens (including phenoxy) is 2. The van der Waals surface area contributed by atoms with Gasteiger partial charge >= 0.3 is 5.97 Å². The molecule has 0 saturated heterocycles. The van der Waals surface area contributed by atoms with Crippen LogP contribution in [-0.4, -0.2) is 22.2 Å². The molecule has 1 aromatic rings. The van der Waals surface area contributed by atoms with Crippen LogP contribution in [0, 0.1) is 0 Å². The van der Waals surface area contributed by atoms with Crippen LogP contribution in [0.2, 0.25) is 0 Å². The van der Waals surface area contributed by atoms with Crippen molar-refractivity contribution in [2.75, 3.05) is 6.79 Å². The summed E-state index contributed by atoms with van der Waals surface area (Å²) in [6.07, 6.45) is 0.193. The molecule has 3 rings (SSSR count). The van der Waals surface area contributed by atoms with Crippen LogP contribution in [0.15, 0.2) is 18.2 Å². The van der Waals surface area contributed by atoms with Crippen LogP contribution in [0.25, 0.3) is 0 Å². The van der Waals surface area contributed by atoms with Gasteiger partial charge in [0.05, 0.1) is 0 Å². The third-order valence-electron chi connectivity index (χ3n) is 3.22. The Morgan fingerprint density at radius 1 is 1.29 bits per heavy atom. The van der Waals surface area contributed by atoms with E-state index in [9.17, 15) is 9.90 Å². The molecule has 1 aliphatic heterocycles. The predicted molar refractivity (Wildman–Crippen MR) is 60.9 cm³/mol. The molecule has 1 saturated carbocycles. The normalized spacial score (nSPS) is 27.9. The van der Waals surface area contributed by atoms with E-state index in [4.69, 9.17) is 32.7 Å². The van der Waals surface area contributed by atoms with Crippen molar-refractivity contribution < 1.29 is 19.4 Å². The summed E-state index contributed by atoms with van der Waals surface area (Å²) >= 11 is 11.9. The van der Waals surface area contributed by atoms with E-state index < -0.39 is 15.7 Å². The van der Waals surface area contributed by atoms with E-state index in [1.54, 1.807) is 18.2 Å². The lowest BCUT2D eigenvalue weighted by molar-refractivity contribution is -0.140. The summed E-state index contributed by atoms with van der Waals surface area (Å²) in [6.45, 7) is 0.145. The maximum atomic E-state index is 11.4. The van der Waals surface area contributed by atoms with Crippen molar-refractivity contribution >= 4 is 29.2 Å². The van der Waals surface area contributed by atoms with Gasteiger partial charge in [-0.2, -0.15) is 0 Å². The minimum atomic E-state index is -1.26. The molecule has 1 fully saturated rings. The number of carbonyl (C=O) groups is 1. The summed E-state index contributed by atoms with van der Waals surface area (Å²) in [5.74, 6) is 0.102. The first-order chi connectivity index (χ1) is 7.97. The maximum Gasteiger partial charge on any atom is 0.317 e. The highest BCUT2D eigenvalue weighted by Gasteiger charge is 2.73. The third kappa shape index (κ3) is 1.34. The molecule has 4 nitrogen and oxygen atoms in total. The Kier molecular flexibility index (Phi) is 2.07. The van der Waals surface area contributed by atoms with Crippen LogP contribution in [0.3, 0.4) is 0 Å². The van der Waals surface area contributed by atoms with E-state index in [0.717, 1.165) is 0 Å². The smallest absolute Gasteiger partial charge is 0.317 e. The fraction of sp³-hybridized carbons (Fsp3) is 0.364. The molecule has 1 aromatic carbocycles. The molecule has 1 atom stereocenters. The molecule has 1 N–H and O–H groups in total. The lowest BCUT2D eigenvalue weighted by Gasteiger charge is -2.13. The Morgan fingerprint density at radius 3 is 2.53 bits per heavy atom. The molecule has 0 spiro atoms. The van der Waals surface area contributed by atoms with Gasteiger partial charge in [0.25, 0.3) is 0 Å². The monoisotopic (exact) mass is 274 g/mol. The topological polar surface area (TPSA) is 55.8 Å². The summed E-state index contributed by atoms with van der Waals surface area (Å²) in [5, 5.41) is 9.30. The van der Waals surface area contributed by atoms with Crippen molar-refractivity contribution in [2.45, 2.75) is 16.2 Å². The van der Waals surface area contributed by atoms with E-state index in [-0.39, 0.29) is 13.2 Å². The fourth-order valence-corrected chi connectivity index (χ4v) is 2.90. The number of hydrogen-bond donors (Lipinski definition) is 1. The van der Waals surface area contributed by atoms with Gasteiger partial charge in [-0.25, -0.2) is 0 Å². The predicted octanol–water partition coefficient (Wildman–Crippen LogP) is 2.32. The summed E-state index contributed by atoms with van der Waals surface area (Å²) in [6, 6.07) is 4.96. The van der Waals surface area contributed by atoms with Crippen molar-refractivity contribution in [3.8, 4) is 11.5 Å². The number of fused-ring (bicyclic) bond motifs is 1. The zero-order valence-electron chi connectivity index (χ0n) is 8.57. The molecule has 0 bridgehead atoms. The second-order valence-electron chi connectivity index (χ2n) is 4.16. The number of halogens is 2. The van der Waals surface area contributed by atoms with Gasteiger partial charge in [0.2, 0.25) is 6.79 Å². The van der Waals surface area contributed by atoms with Gasteiger partial charge in [0, 0.05) is 6.42 Å². The molecule has 1 unspecified atom stereocenters. The number of rotatable bonds is 2. The zero-order valence-corrected chi connectivity index (χ0v) is 10.1. The highest BCUT2D eigenvalue weighted by atomic mass is 35.5. The summed E-state index contributed by atoms with van der Waals surface area (Å²) < 4.78 is 9.11. The van der Waals surface area contributed by atoms with Crippen LogP contribution in [0.5, 0.6) is 11.5 Å². The van der Waals surface area contributed by atoms with Gasteiger partial charge in [0.1, 0.15) is 9.75 Å². The first kappa shape index (κ1) is 11.0. The number of aliphatic carboxylic acids is 1. The summed E-state index contributed by atoms with van der Waals surface area (Å²) in [4.78, 5) is 11.4.